The number of phenolic OH excluding ortho intramolecular Hbond substituents is 3. The van der Waals surface area contributed by atoms with Crippen LogP contribution >= 0.6 is 0 Å². The zero-order chi connectivity index (χ0) is 16.7. The van der Waals surface area contributed by atoms with Crippen molar-refractivity contribution < 1.29 is 29.8 Å². The molecule has 0 amide bonds. The van der Waals surface area contributed by atoms with Gasteiger partial charge in [-0.2, -0.15) is 0 Å². The van der Waals surface area contributed by atoms with Gasteiger partial charge in [-0.3, -0.25) is 19.7 Å². The number of carbonyl (C=O) groups is 2. The van der Waals surface area contributed by atoms with E-state index in [4.69, 9.17) is 15.3 Å². The Morgan fingerprint density at radius 1 is 0.792 bits per heavy atom. The molecule has 10 heteroatoms. The molecule has 0 fully saturated rings. The molecule has 2 aromatic carbocycles. The third-order valence-corrected chi connectivity index (χ3v) is 2.47. The largest absolute Gasteiger partial charge is 0.504 e. The Labute approximate surface area is 124 Å². The van der Waals surface area contributed by atoms with E-state index >= 15 is 0 Å². The van der Waals surface area contributed by atoms with Crippen molar-refractivity contribution in [1.82, 2.24) is 0 Å². The Kier molecular flexibility index (Phi) is 7.56. The van der Waals surface area contributed by atoms with Gasteiger partial charge in [-0.05, 0) is 30.3 Å². The van der Waals surface area contributed by atoms with Crippen molar-refractivity contribution in [1.29, 1.82) is 0 Å². The number of nitro benzene ring substituents is 1. The molecule has 0 atom stereocenters. The molecule has 0 aromatic heterocycles. The molecule has 118 valence electrons. The fourth-order valence-corrected chi connectivity index (χ4v) is 1.37. The average molecular weight is 839 g/mol. The van der Waals surface area contributed by atoms with Crippen LogP contribution in [-0.2, 0) is 0 Å². The van der Waals surface area contributed by atoms with Gasteiger partial charge in [-0.15, -0.1) is 0 Å². The van der Waals surface area contributed by atoms with Gasteiger partial charge in [0.1, 0.15) is 12.6 Å². The molecule has 0 heterocycles. The second-order valence-electron chi connectivity index (χ2n) is 3.99. The summed E-state index contributed by atoms with van der Waals surface area (Å²) in [6, 6.07) is 7.31. The van der Waals surface area contributed by atoms with Crippen molar-refractivity contribution in [3.63, 3.8) is 0 Å². The predicted octanol–water partition coefficient (Wildman–Crippen LogP) is 2.02. The third-order valence-electron chi connectivity index (χ3n) is 2.47. The van der Waals surface area contributed by atoms with Crippen LogP contribution in [0.1, 0.15) is 20.7 Å². The van der Waals surface area contributed by atoms with Crippen LogP contribution in [0.15, 0.2) is 36.4 Å². The summed E-state index contributed by atoms with van der Waals surface area (Å²) in [5, 5.41) is 36.8. The number of benzene rings is 2. The van der Waals surface area contributed by atoms with Gasteiger partial charge in [0.15, 0.2) is 17.2 Å². The zero-order valence-electron chi connectivity index (χ0n) is 12.5. The van der Waals surface area contributed by atoms with Gasteiger partial charge in [-0.25, -0.2) is 0 Å². The Hall–Kier alpha value is -5.42. The first-order chi connectivity index (χ1) is 10.4. The summed E-state index contributed by atoms with van der Waals surface area (Å²) in [6.45, 7) is 0. The van der Waals surface area contributed by atoms with Crippen molar-refractivity contribution in [2.45, 2.75) is 0 Å². The second-order valence-corrected chi connectivity index (χ2v) is 3.99. The van der Waals surface area contributed by atoms with E-state index in [9.17, 15) is 19.7 Å². The predicted molar refractivity (Wildman–Crippen MR) is 75.3 cm³/mol. The summed E-state index contributed by atoms with van der Waals surface area (Å²) in [6.07, 6.45) is 1.08. The maximum atomic E-state index is 10.2. The van der Waals surface area contributed by atoms with Crippen LogP contribution in [0, 0.1) is 10.1 Å². The van der Waals surface area contributed by atoms with E-state index in [-0.39, 0.29) is 17.1 Å². The molecule has 0 bridgehead atoms. The van der Waals surface area contributed by atoms with Crippen LogP contribution < -0.4 is 0 Å². The smallest absolute Gasteiger partial charge is 0.311 e. The Morgan fingerprint density at radius 2 is 1.25 bits per heavy atom. The molecular formula is C14H11NO7Rf2. The monoisotopic (exact) mass is 839 g/mol. The Bertz CT molecular complexity index is 722. The third kappa shape index (κ3) is 4.93. The van der Waals surface area contributed by atoms with Crippen molar-refractivity contribution in [2.75, 3.05) is 0 Å². The maximum absolute atomic E-state index is 10.2. The molecule has 8 nitrogen and oxygen atoms in total. The van der Waals surface area contributed by atoms with Gasteiger partial charge in [-0.1, -0.05) is 0 Å². The zero-order valence-corrected chi connectivity index (χ0v) is 25.3. The number of carbonyl (C=O) groups excluding carboxylic acids is 2. The molecule has 0 radical (unpaired) electrons. The summed E-state index contributed by atoms with van der Waals surface area (Å²) in [7, 11) is 0. The van der Waals surface area contributed by atoms with E-state index in [0.29, 0.717) is 18.1 Å². The van der Waals surface area contributed by atoms with Crippen molar-refractivity contribution in [3.05, 3.63) is 57.6 Å². The van der Waals surface area contributed by atoms with Crippen LogP contribution in [0.4, 0.5) is 5.69 Å². The van der Waals surface area contributed by atoms with Crippen molar-refractivity contribution >= 4 is 18.3 Å². The minimum Gasteiger partial charge on any atom is -0.504 e. The fraction of sp³-hybridized carbons (Fsp3) is 0. The van der Waals surface area contributed by atoms with E-state index in [1.54, 1.807) is 0 Å². The van der Waals surface area contributed by atoms with Gasteiger partial charge in [0, 0.05) is 17.2 Å². The molecule has 0 aliphatic rings. The van der Waals surface area contributed by atoms with Gasteiger partial charge in [0.25, 0.3) is 0 Å². The normalized spacial score (nSPS) is 8.50. The summed E-state index contributed by atoms with van der Waals surface area (Å²) < 4.78 is 0. The number of nitro groups is 1. The standard InChI is InChI=1S/C7H5NO4.C7H6O3.2Rf/c9-4-5-1-2-7(10)6(3-5)8(11)12;8-4-5-1-2-6(9)7(10)3-5;;/h1-4,10H;1-4,9-10H;;. The van der Waals surface area contributed by atoms with E-state index in [0.717, 1.165) is 12.1 Å². The molecule has 24 heavy (non-hydrogen) atoms. The van der Waals surface area contributed by atoms with Crippen LogP contribution in [-0.4, -0.2) is 32.8 Å². The van der Waals surface area contributed by atoms with Crippen LogP contribution in [0.25, 0.3) is 0 Å². The average Bonchev–Trinajstić information content (AvgIpc) is 2.51. The van der Waals surface area contributed by atoms with Crippen LogP contribution in [0.5, 0.6) is 17.2 Å². The summed E-state index contributed by atoms with van der Waals surface area (Å²) in [5.41, 5.74) is 0.0504. The second kappa shape index (κ2) is 8.69. The summed E-state index contributed by atoms with van der Waals surface area (Å²) >= 11 is 0. The van der Waals surface area contributed by atoms with Gasteiger partial charge >= 0.3 is 5.69 Å². The first-order valence-electron chi connectivity index (χ1n) is 5.78. The van der Waals surface area contributed by atoms with E-state index in [1.165, 1.54) is 24.3 Å². The van der Waals surface area contributed by atoms with E-state index < -0.39 is 16.4 Å². The number of hydrogen-bond acceptors (Lipinski definition) is 7. The first kappa shape index (κ1) is 20.9. The molecule has 3 N–H and O–H groups in total. The fourth-order valence-electron chi connectivity index (χ4n) is 1.37. The van der Waals surface area contributed by atoms with Gasteiger partial charge in [0.05, 0.1) is 4.92 Å². The number of phenols is 3. The number of aldehydes is 2. The molecule has 2 aromatic rings. The van der Waals surface area contributed by atoms with Gasteiger partial charge < -0.3 is 15.3 Å². The molecule has 0 saturated heterocycles. The quantitative estimate of drug-likeness (QED) is 0.186. The minimum absolute atomic E-state index is 0. The molecule has 0 spiro atoms. The molecule has 0 aliphatic carbocycles. The van der Waals surface area contributed by atoms with Gasteiger partial charge in [0.2, 0.25) is 0 Å². The maximum Gasteiger partial charge on any atom is 0.311 e. The molecule has 0 saturated carbocycles. The minimum atomic E-state index is -0.748. The van der Waals surface area contributed by atoms with Crippen molar-refractivity contribution in [3.8, 4) is 17.2 Å². The SMILES string of the molecule is O=Cc1ccc(O)c(O)c1.O=Cc1ccc(O)c([N+](=O)[O-])c1.[Rf].[Rf]. The number of aromatic hydroxyl groups is 3. The summed E-state index contributed by atoms with van der Waals surface area (Å²) in [4.78, 5) is 29.7. The number of rotatable bonds is 3. The summed E-state index contributed by atoms with van der Waals surface area (Å²) in [5.74, 6) is -0.930. The topological polar surface area (TPSA) is 138 Å². The van der Waals surface area contributed by atoms with Crippen LogP contribution in [0.3, 0.4) is 0 Å². The van der Waals surface area contributed by atoms with Crippen molar-refractivity contribution in [2.24, 2.45) is 0 Å². The Morgan fingerprint density at radius 3 is 1.67 bits per heavy atom. The molecular weight excluding hydrogens is 828 g/mol. The molecule has 0 aliphatic heterocycles. The number of hydrogen-bond donors (Lipinski definition) is 3. The van der Waals surface area contributed by atoms with Crippen LogP contribution in [0.2, 0.25) is 0 Å². The van der Waals surface area contributed by atoms with E-state index in [2.05, 4.69) is 0 Å². The first-order valence-corrected chi connectivity index (χ1v) is 5.78. The Balaban J connectivity index is 0. The van der Waals surface area contributed by atoms with E-state index in [1.807, 2.05) is 0 Å². The molecule has 0 unspecified atom stereocenters. The number of nitrogens with zero attached hydrogens (tertiary/aromatic N) is 1. The molecule has 2 rings (SSSR count).